The van der Waals surface area contributed by atoms with E-state index in [1.807, 2.05) is 12.1 Å². The molecule has 6 aromatic heterocycles. The quantitative estimate of drug-likeness (QED) is 0.138. The fraction of sp³-hybridized carbons (Fsp3) is 0.0213. The zero-order chi connectivity index (χ0) is 47.3. The number of hydrogen-bond acceptors (Lipinski definition) is 12. The summed E-state index contributed by atoms with van der Waals surface area (Å²) in [5.74, 6) is -6.11. The van der Waals surface area contributed by atoms with Crippen molar-refractivity contribution < 1.29 is 36.0 Å². The number of nitriles is 1. The second-order valence-corrected chi connectivity index (χ2v) is 16.2. The van der Waals surface area contributed by atoms with Gasteiger partial charge in [0.05, 0.1) is 33.1 Å². The molecule has 19 heteroatoms. The van der Waals surface area contributed by atoms with Gasteiger partial charge in [0.2, 0.25) is 0 Å². The van der Waals surface area contributed by atoms with Crippen LogP contribution in [0.4, 0.5) is 13.2 Å². The number of fused-ring (bicyclic) bond motifs is 3. The molecule has 0 saturated carbocycles. The van der Waals surface area contributed by atoms with Crippen LogP contribution >= 0.6 is 0 Å². The van der Waals surface area contributed by atoms with E-state index in [1.165, 1.54) is 30.6 Å². The molecule has 9 rings (SSSR count). The number of pyridine rings is 6. The molecule has 0 aliphatic heterocycles. The first-order chi connectivity index (χ1) is 31.5. The predicted octanol–water partition coefficient (Wildman–Crippen LogP) is 6.88. The van der Waals surface area contributed by atoms with Crippen molar-refractivity contribution in [1.29, 1.82) is 5.26 Å². The zero-order valence-electron chi connectivity index (χ0n) is 34.1. The summed E-state index contributed by atoms with van der Waals surface area (Å²) in [4.78, 5) is 59.0. The number of sulfone groups is 1. The van der Waals surface area contributed by atoms with Crippen LogP contribution in [0.25, 0.3) is 66.1 Å². The van der Waals surface area contributed by atoms with Crippen LogP contribution < -0.4 is 17.2 Å². The first-order valence-electron chi connectivity index (χ1n) is 19.1. The zero-order valence-corrected chi connectivity index (χ0v) is 35.0. The summed E-state index contributed by atoms with van der Waals surface area (Å²) in [5, 5.41) is 11.0. The molecule has 3 aromatic carbocycles. The summed E-state index contributed by atoms with van der Waals surface area (Å²) in [6.45, 7) is 0. The van der Waals surface area contributed by atoms with Gasteiger partial charge in [-0.2, -0.15) is 5.26 Å². The smallest absolute Gasteiger partial charge is 0.267 e. The average molecular weight is 905 g/mol. The van der Waals surface area contributed by atoms with Gasteiger partial charge in [-0.3, -0.25) is 29.3 Å². The van der Waals surface area contributed by atoms with E-state index in [4.69, 9.17) is 22.5 Å². The minimum absolute atomic E-state index is 0.00278. The second-order valence-electron chi connectivity index (χ2n) is 14.2. The van der Waals surface area contributed by atoms with E-state index >= 15 is 0 Å². The fourth-order valence-electron chi connectivity index (χ4n) is 6.49. The predicted molar refractivity (Wildman–Crippen MR) is 238 cm³/mol. The molecule has 6 N–H and O–H groups in total. The Hall–Kier alpha value is -9.02. The number of carbonyl (C=O) groups excluding carboxylic acids is 3. The number of halogens is 3. The van der Waals surface area contributed by atoms with E-state index in [-0.39, 0.29) is 38.6 Å². The summed E-state index contributed by atoms with van der Waals surface area (Å²) < 4.78 is 62.9. The van der Waals surface area contributed by atoms with E-state index in [0.717, 1.165) is 45.9 Å². The van der Waals surface area contributed by atoms with E-state index in [2.05, 4.69) is 36.0 Å². The topological polar surface area (TPSA) is 265 Å². The minimum Gasteiger partial charge on any atom is -0.364 e. The lowest BCUT2D eigenvalue weighted by Gasteiger charge is -2.07. The number of carbonyl (C=O) groups is 3. The SMILES string of the molecule is CS(=O)(=O)c1ccc(-c2cncc3ccc(C(N)=O)nc23)cc1.N#Cc1ccc(-c2cncc3ccc(C(N)=O)nc23)cc1.NC(=O)c1ccc2cncc(-c3cc(F)c(F)c(F)c3)c2n1. The van der Waals surface area contributed by atoms with Crippen LogP contribution in [-0.2, 0) is 9.84 Å². The Bertz CT molecular complexity index is 3530. The Morgan fingerprint density at radius 1 is 0.515 bits per heavy atom. The number of aromatic nitrogens is 6. The summed E-state index contributed by atoms with van der Waals surface area (Å²) in [7, 11) is -3.25. The lowest BCUT2D eigenvalue weighted by molar-refractivity contribution is 0.0987. The van der Waals surface area contributed by atoms with Crippen molar-refractivity contribution in [1.82, 2.24) is 29.9 Å². The molecule has 0 radical (unpaired) electrons. The standard InChI is InChI=1S/C16H10N4O.C16H13N3O3S.C15H8F3N3O/c17-7-10-1-3-11(4-2-10)13-9-19-8-12-5-6-14(16(18)21)20-15(12)13;1-23(21,22)12-5-2-10(3-6-12)13-9-18-8-11-4-7-14(16(17)20)19-15(11)13;16-10-3-8(4-11(17)13(10)18)9-6-20-5-7-1-2-12(15(19)22)21-14(7)9/h1-6,8-9H,(H2,18,21);2-9H,1H3,(H2,17,20);1-6H,(H2,19,22). The third kappa shape index (κ3) is 9.78. The van der Waals surface area contributed by atoms with E-state index in [1.54, 1.807) is 79.4 Å². The van der Waals surface area contributed by atoms with Crippen LogP contribution in [0, 0.1) is 28.8 Å². The van der Waals surface area contributed by atoms with Gasteiger partial charge < -0.3 is 17.2 Å². The van der Waals surface area contributed by atoms with Gasteiger partial charge >= 0.3 is 0 Å². The molecular weight excluding hydrogens is 874 g/mol. The van der Waals surface area contributed by atoms with E-state index in [9.17, 15) is 36.0 Å². The molecular formula is C47H31F3N10O5S. The van der Waals surface area contributed by atoms with Crippen molar-refractivity contribution in [3.05, 3.63) is 174 Å². The van der Waals surface area contributed by atoms with Crippen LogP contribution in [-0.4, -0.2) is 62.3 Å². The highest BCUT2D eigenvalue weighted by Gasteiger charge is 2.16. The summed E-state index contributed by atoms with van der Waals surface area (Å²) in [6, 6.07) is 26.9. The third-order valence-electron chi connectivity index (χ3n) is 9.77. The van der Waals surface area contributed by atoms with Crippen molar-refractivity contribution in [2.45, 2.75) is 4.90 Å². The van der Waals surface area contributed by atoms with Crippen molar-refractivity contribution in [3.63, 3.8) is 0 Å². The average Bonchev–Trinajstić information content (AvgIpc) is 3.32. The molecule has 0 atom stereocenters. The number of primary amides is 3. The van der Waals surface area contributed by atoms with Gasteiger partial charge in [0, 0.05) is 76.3 Å². The van der Waals surface area contributed by atoms with Gasteiger partial charge in [0.15, 0.2) is 27.3 Å². The Morgan fingerprint density at radius 2 is 0.864 bits per heavy atom. The van der Waals surface area contributed by atoms with Crippen molar-refractivity contribution in [2.75, 3.05) is 6.26 Å². The first-order valence-corrected chi connectivity index (χ1v) is 21.0. The van der Waals surface area contributed by atoms with Gasteiger partial charge in [0.25, 0.3) is 17.7 Å². The normalized spacial score (nSPS) is 10.9. The summed E-state index contributed by atoms with van der Waals surface area (Å²) >= 11 is 0. The Balaban J connectivity index is 0.000000147. The molecule has 15 nitrogen and oxygen atoms in total. The molecule has 0 aliphatic carbocycles. The highest BCUT2D eigenvalue weighted by atomic mass is 32.2. The summed E-state index contributed by atoms with van der Waals surface area (Å²) in [6.07, 6.45) is 10.6. The largest absolute Gasteiger partial charge is 0.364 e. The molecule has 66 heavy (non-hydrogen) atoms. The lowest BCUT2D eigenvalue weighted by atomic mass is 10.0. The van der Waals surface area contributed by atoms with E-state index in [0.29, 0.717) is 27.5 Å². The number of amides is 3. The molecule has 0 aliphatic rings. The fourth-order valence-corrected chi connectivity index (χ4v) is 7.12. The minimum atomic E-state index is -3.25. The molecule has 6 heterocycles. The molecule has 3 amide bonds. The molecule has 0 fully saturated rings. The highest BCUT2D eigenvalue weighted by molar-refractivity contribution is 7.90. The molecule has 0 bridgehead atoms. The van der Waals surface area contributed by atoms with Gasteiger partial charge in [-0.05, 0) is 89.5 Å². The molecule has 0 spiro atoms. The second kappa shape index (κ2) is 18.8. The Kier molecular flexibility index (Phi) is 12.8. The van der Waals surface area contributed by atoms with E-state index < -0.39 is 45.0 Å². The number of benzene rings is 3. The van der Waals surface area contributed by atoms with Crippen molar-refractivity contribution in [2.24, 2.45) is 17.2 Å². The number of hydrogen-bond donors (Lipinski definition) is 3. The monoisotopic (exact) mass is 904 g/mol. The number of rotatable bonds is 7. The van der Waals surface area contributed by atoms with Gasteiger partial charge in [-0.15, -0.1) is 0 Å². The van der Waals surface area contributed by atoms with Crippen molar-refractivity contribution in [3.8, 4) is 39.4 Å². The number of nitrogens with two attached hydrogens (primary N) is 3. The third-order valence-corrected chi connectivity index (χ3v) is 10.9. The van der Waals surface area contributed by atoms with Crippen molar-refractivity contribution >= 4 is 60.3 Å². The van der Waals surface area contributed by atoms with Crippen LogP contribution in [0.5, 0.6) is 0 Å². The Labute approximate surface area is 372 Å². The maximum atomic E-state index is 13.4. The first kappa shape index (κ1) is 45.0. The molecule has 9 aromatic rings. The highest BCUT2D eigenvalue weighted by Crippen LogP contribution is 2.31. The molecule has 0 unspecified atom stereocenters. The van der Waals surface area contributed by atoms with Gasteiger partial charge in [-0.25, -0.2) is 36.5 Å². The number of nitrogens with zero attached hydrogens (tertiary/aromatic N) is 7. The summed E-state index contributed by atoms with van der Waals surface area (Å²) in [5.41, 5.74) is 21.7. The lowest BCUT2D eigenvalue weighted by Crippen LogP contribution is -2.12. The Morgan fingerprint density at radius 3 is 1.20 bits per heavy atom. The molecule has 0 saturated heterocycles. The molecule has 326 valence electrons. The van der Waals surface area contributed by atoms with Gasteiger partial charge in [-0.1, -0.05) is 24.3 Å². The van der Waals surface area contributed by atoms with Crippen LogP contribution in [0.3, 0.4) is 0 Å². The maximum Gasteiger partial charge on any atom is 0.267 e. The van der Waals surface area contributed by atoms with Crippen LogP contribution in [0.15, 0.2) is 139 Å². The van der Waals surface area contributed by atoms with Crippen LogP contribution in [0.1, 0.15) is 37.0 Å². The van der Waals surface area contributed by atoms with Gasteiger partial charge in [0.1, 0.15) is 17.1 Å². The maximum absolute atomic E-state index is 13.4. The van der Waals surface area contributed by atoms with Crippen LogP contribution in [0.2, 0.25) is 0 Å².